The highest BCUT2D eigenvalue weighted by Gasteiger charge is 2.51. The number of nitrogens with zero attached hydrogens (tertiary/aromatic N) is 1. The van der Waals surface area contributed by atoms with Crippen molar-refractivity contribution in [2.45, 2.75) is 63.5 Å². The number of carbonyl (C=O) groups is 2. The predicted octanol–water partition coefficient (Wildman–Crippen LogP) is 2.17. The number of nitrogens with one attached hydrogen (secondary N) is 1. The van der Waals surface area contributed by atoms with E-state index in [0.717, 1.165) is 6.42 Å². The summed E-state index contributed by atoms with van der Waals surface area (Å²) in [4.78, 5) is 28.2. The number of aliphatic hydroxyl groups excluding tert-OH is 3. The Morgan fingerprint density at radius 3 is 2.64 bits per heavy atom. The standard InChI is InChI=1S/C29H35FN2O7/c1-3-4-9-24(35)32(15-18-7-5-6-8-21(18)30)22-14-20(29(37)31-10-11-33)25-19-12-17(16-34)13-23(38-2)27(19)39-28(25)26(22)36/h5-8,12-14,22,25-26,28,33-34,36H,3-4,9-11,15-16H2,1-2H3,(H,31,37)/t22-,25+,26+,28+/m1/s1. The lowest BCUT2D eigenvalue weighted by molar-refractivity contribution is -0.138. The van der Waals surface area contributed by atoms with Crippen LogP contribution in [0.3, 0.4) is 0 Å². The van der Waals surface area contributed by atoms with Gasteiger partial charge >= 0.3 is 0 Å². The van der Waals surface area contributed by atoms with Crippen molar-refractivity contribution >= 4 is 11.8 Å². The van der Waals surface area contributed by atoms with Crippen LogP contribution in [0.1, 0.15) is 48.8 Å². The van der Waals surface area contributed by atoms with Crippen LogP contribution in [0, 0.1) is 5.82 Å². The third kappa shape index (κ3) is 5.78. The number of amides is 2. The Morgan fingerprint density at radius 2 is 1.97 bits per heavy atom. The first kappa shape index (κ1) is 28.5. The number of carbonyl (C=O) groups excluding carboxylic acids is 2. The molecule has 39 heavy (non-hydrogen) atoms. The van der Waals surface area contributed by atoms with Gasteiger partial charge in [0.25, 0.3) is 0 Å². The van der Waals surface area contributed by atoms with Crippen LogP contribution >= 0.6 is 0 Å². The van der Waals surface area contributed by atoms with E-state index in [4.69, 9.17) is 9.47 Å². The fourth-order valence-electron chi connectivity index (χ4n) is 5.26. The molecule has 4 rings (SSSR count). The summed E-state index contributed by atoms with van der Waals surface area (Å²) < 4.78 is 26.3. The number of unbranched alkanes of at least 4 members (excludes halogenated alkanes) is 1. The van der Waals surface area contributed by atoms with Crippen LogP contribution < -0.4 is 14.8 Å². The molecular weight excluding hydrogens is 507 g/mol. The average molecular weight is 543 g/mol. The van der Waals surface area contributed by atoms with Crippen LogP contribution in [0.25, 0.3) is 0 Å². The van der Waals surface area contributed by atoms with Gasteiger partial charge in [-0.2, -0.15) is 0 Å². The van der Waals surface area contributed by atoms with Crippen molar-refractivity contribution in [3.63, 3.8) is 0 Å². The largest absolute Gasteiger partial charge is 0.493 e. The highest BCUT2D eigenvalue weighted by molar-refractivity contribution is 5.96. The number of benzene rings is 2. The summed E-state index contributed by atoms with van der Waals surface area (Å²) in [6.07, 6.45) is 0.883. The molecule has 2 amide bonds. The quantitative estimate of drug-likeness (QED) is 0.343. The van der Waals surface area contributed by atoms with Crippen LogP contribution in [0.2, 0.25) is 0 Å². The number of fused-ring (bicyclic) bond motifs is 3. The van der Waals surface area contributed by atoms with Crippen LogP contribution in [0.5, 0.6) is 11.5 Å². The van der Waals surface area contributed by atoms with Gasteiger partial charge in [-0.1, -0.05) is 31.5 Å². The molecule has 0 spiro atoms. The molecule has 0 saturated heterocycles. The van der Waals surface area contributed by atoms with Gasteiger partial charge in [0.2, 0.25) is 11.8 Å². The highest BCUT2D eigenvalue weighted by Crippen LogP contribution is 2.51. The zero-order chi connectivity index (χ0) is 28.1. The van der Waals surface area contributed by atoms with E-state index in [1.165, 1.54) is 18.1 Å². The molecule has 1 aliphatic heterocycles. The van der Waals surface area contributed by atoms with Gasteiger partial charge in [-0.15, -0.1) is 0 Å². The van der Waals surface area contributed by atoms with Crippen LogP contribution in [-0.4, -0.2) is 70.5 Å². The van der Waals surface area contributed by atoms with E-state index in [1.807, 2.05) is 6.92 Å². The molecule has 0 unspecified atom stereocenters. The fraction of sp³-hybridized carbons (Fsp3) is 0.448. The van der Waals surface area contributed by atoms with E-state index in [0.29, 0.717) is 29.0 Å². The predicted molar refractivity (Wildman–Crippen MR) is 141 cm³/mol. The summed E-state index contributed by atoms with van der Waals surface area (Å²) in [5.41, 5.74) is 1.62. The number of rotatable bonds is 11. The van der Waals surface area contributed by atoms with Crippen LogP contribution in [-0.2, 0) is 22.7 Å². The number of halogens is 1. The van der Waals surface area contributed by atoms with Gasteiger partial charge in [0.15, 0.2) is 11.5 Å². The number of ether oxygens (including phenoxy) is 2. The molecule has 1 aliphatic carbocycles. The van der Waals surface area contributed by atoms with E-state index in [-0.39, 0.29) is 49.8 Å². The van der Waals surface area contributed by atoms with E-state index in [1.54, 1.807) is 36.4 Å². The van der Waals surface area contributed by atoms with Gasteiger partial charge in [0.05, 0.1) is 32.3 Å². The number of methoxy groups -OCH3 is 1. The second-order valence-electron chi connectivity index (χ2n) is 9.73. The van der Waals surface area contributed by atoms with E-state index < -0.39 is 35.9 Å². The van der Waals surface area contributed by atoms with E-state index in [9.17, 15) is 29.3 Å². The Kier molecular flexibility index (Phi) is 9.21. The number of aliphatic hydroxyl groups is 3. The van der Waals surface area contributed by atoms with Gasteiger partial charge in [0, 0.05) is 36.2 Å². The number of hydrogen-bond acceptors (Lipinski definition) is 7. The second kappa shape index (κ2) is 12.6. The average Bonchev–Trinajstić information content (AvgIpc) is 3.34. The summed E-state index contributed by atoms with van der Waals surface area (Å²) in [7, 11) is 1.45. The molecule has 0 radical (unpaired) electrons. The van der Waals surface area contributed by atoms with Crippen molar-refractivity contribution < 1.29 is 38.8 Å². The summed E-state index contributed by atoms with van der Waals surface area (Å²) in [5.74, 6) is -1.32. The molecule has 2 aromatic rings. The van der Waals surface area contributed by atoms with Crippen molar-refractivity contribution in [1.82, 2.24) is 10.2 Å². The van der Waals surface area contributed by atoms with Gasteiger partial charge < -0.3 is 35.0 Å². The van der Waals surface area contributed by atoms with Gasteiger partial charge in [-0.05, 0) is 36.3 Å². The molecule has 0 saturated carbocycles. The molecule has 210 valence electrons. The first-order valence-electron chi connectivity index (χ1n) is 13.1. The Balaban J connectivity index is 1.82. The minimum absolute atomic E-state index is 0.00284. The highest BCUT2D eigenvalue weighted by atomic mass is 19.1. The van der Waals surface area contributed by atoms with Crippen molar-refractivity contribution in [2.24, 2.45) is 0 Å². The molecule has 4 N–H and O–H groups in total. The molecule has 4 atom stereocenters. The molecule has 10 heteroatoms. The van der Waals surface area contributed by atoms with Gasteiger partial charge in [-0.25, -0.2) is 4.39 Å². The molecule has 0 aromatic heterocycles. The van der Waals surface area contributed by atoms with E-state index >= 15 is 0 Å². The lowest BCUT2D eigenvalue weighted by atomic mass is 9.77. The Bertz CT molecular complexity index is 1230. The van der Waals surface area contributed by atoms with Crippen molar-refractivity contribution in [3.8, 4) is 11.5 Å². The SMILES string of the molecule is CCCCC(=O)N(Cc1ccccc1F)[C@@H]1C=C(C(=O)NCCO)[C@@H]2c3cc(CO)cc(OC)c3O[C@@H]2[C@H]1O. The Morgan fingerprint density at radius 1 is 1.21 bits per heavy atom. The van der Waals surface area contributed by atoms with Crippen LogP contribution in [0.15, 0.2) is 48.0 Å². The molecule has 1 heterocycles. The smallest absolute Gasteiger partial charge is 0.247 e. The lowest BCUT2D eigenvalue weighted by Gasteiger charge is -2.41. The molecule has 9 nitrogen and oxygen atoms in total. The zero-order valence-electron chi connectivity index (χ0n) is 22.1. The Labute approximate surface area is 226 Å². The Hall–Kier alpha value is -3.47. The number of hydrogen-bond donors (Lipinski definition) is 4. The van der Waals surface area contributed by atoms with Crippen molar-refractivity contribution in [3.05, 3.63) is 70.6 Å². The second-order valence-corrected chi connectivity index (χ2v) is 9.73. The lowest BCUT2D eigenvalue weighted by Crippen LogP contribution is -2.55. The van der Waals surface area contributed by atoms with Gasteiger partial charge in [0.1, 0.15) is 18.0 Å². The maximum Gasteiger partial charge on any atom is 0.247 e. The molecule has 0 bridgehead atoms. The molecule has 0 fully saturated rings. The van der Waals surface area contributed by atoms with Gasteiger partial charge in [-0.3, -0.25) is 9.59 Å². The summed E-state index contributed by atoms with van der Waals surface area (Å²) in [6, 6.07) is 8.44. The normalized spacial score (nSPS) is 21.3. The monoisotopic (exact) mass is 542 g/mol. The first-order valence-corrected chi connectivity index (χ1v) is 13.1. The first-order chi connectivity index (χ1) is 18.8. The summed E-state index contributed by atoms with van der Waals surface area (Å²) >= 11 is 0. The summed E-state index contributed by atoms with van der Waals surface area (Å²) in [5, 5.41) is 33.4. The third-order valence-corrected chi connectivity index (χ3v) is 7.22. The van der Waals surface area contributed by atoms with E-state index in [2.05, 4.69) is 5.32 Å². The minimum atomic E-state index is -1.27. The molecule has 2 aromatic carbocycles. The third-order valence-electron chi connectivity index (χ3n) is 7.22. The van der Waals surface area contributed by atoms with Crippen LogP contribution in [0.4, 0.5) is 4.39 Å². The zero-order valence-corrected chi connectivity index (χ0v) is 22.1. The maximum absolute atomic E-state index is 14.7. The topological polar surface area (TPSA) is 129 Å². The minimum Gasteiger partial charge on any atom is -0.493 e. The van der Waals surface area contributed by atoms with Crippen molar-refractivity contribution in [1.29, 1.82) is 0 Å². The molecule has 2 aliphatic rings. The molecular formula is C29H35FN2O7. The van der Waals surface area contributed by atoms with Crippen molar-refractivity contribution in [2.75, 3.05) is 20.3 Å². The maximum atomic E-state index is 14.7. The summed E-state index contributed by atoms with van der Waals surface area (Å²) in [6.45, 7) is 1.30. The fourth-order valence-corrected chi connectivity index (χ4v) is 5.26.